The van der Waals surface area contributed by atoms with Crippen LogP contribution in [0.15, 0.2) is 35.7 Å². The molecule has 3 N–H and O–H groups in total. The number of benzene rings is 1. The van der Waals surface area contributed by atoms with Gasteiger partial charge in [0.25, 0.3) is 17.5 Å². The Kier molecular flexibility index (Phi) is 4.69. The lowest BCUT2D eigenvalue weighted by Crippen LogP contribution is -2.41. The third-order valence-electron chi connectivity index (χ3n) is 2.76. The van der Waals surface area contributed by atoms with E-state index in [0.29, 0.717) is 10.6 Å². The molecule has 0 aliphatic carbocycles. The van der Waals surface area contributed by atoms with E-state index in [9.17, 15) is 19.7 Å². The number of carbonyl (C=O) groups excluding carboxylic acids is 2. The molecule has 0 bridgehead atoms. The van der Waals surface area contributed by atoms with Gasteiger partial charge in [0.15, 0.2) is 0 Å². The van der Waals surface area contributed by atoms with Gasteiger partial charge in [-0.05, 0) is 23.6 Å². The van der Waals surface area contributed by atoms with E-state index < -0.39 is 16.7 Å². The molecule has 1 aromatic carbocycles. The normalized spacial score (nSPS) is 9.86. The highest BCUT2D eigenvalue weighted by molar-refractivity contribution is 7.12. The van der Waals surface area contributed by atoms with Crippen LogP contribution in [0.25, 0.3) is 0 Å². The first-order valence-corrected chi connectivity index (χ1v) is 7.01. The van der Waals surface area contributed by atoms with Gasteiger partial charge in [0.1, 0.15) is 5.69 Å². The largest absolute Gasteiger partial charge is 0.383 e. The number of hydrogen-bond acceptors (Lipinski definition) is 6. The average molecular weight is 320 g/mol. The Morgan fingerprint density at radius 2 is 1.91 bits per heavy atom. The second kappa shape index (κ2) is 6.68. The predicted molar refractivity (Wildman–Crippen MR) is 81.9 cm³/mol. The minimum absolute atomic E-state index is 0.0668. The van der Waals surface area contributed by atoms with Crippen LogP contribution >= 0.6 is 11.3 Å². The van der Waals surface area contributed by atoms with E-state index in [0.717, 1.165) is 6.07 Å². The quantitative estimate of drug-likeness (QED) is 0.587. The fourth-order valence-electron chi connectivity index (χ4n) is 1.69. The molecule has 0 atom stereocenters. The zero-order valence-electron chi connectivity index (χ0n) is 11.5. The summed E-state index contributed by atoms with van der Waals surface area (Å²) in [6, 6.07) is 7.30. The summed E-state index contributed by atoms with van der Waals surface area (Å²) in [5, 5.41) is 15.3. The summed E-state index contributed by atoms with van der Waals surface area (Å²) < 4.78 is 0. The summed E-state index contributed by atoms with van der Waals surface area (Å²) in [7, 11) is 1.54. The summed E-state index contributed by atoms with van der Waals surface area (Å²) in [6.45, 7) is 0. The molecule has 1 aromatic heterocycles. The van der Waals surface area contributed by atoms with Crippen molar-refractivity contribution in [2.24, 2.45) is 0 Å². The van der Waals surface area contributed by atoms with Crippen LogP contribution in [0.1, 0.15) is 20.0 Å². The second-order valence-corrected chi connectivity index (χ2v) is 5.07. The van der Waals surface area contributed by atoms with Gasteiger partial charge >= 0.3 is 0 Å². The van der Waals surface area contributed by atoms with E-state index >= 15 is 0 Å². The van der Waals surface area contributed by atoms with Gasteiger partial charge in [-0.3, -0.25) is 30.6 Å². The lowest BCUT2D eigenvalue weighted by molar-refractivity contribution is -0.384. The number of nitro groups is 1. The Morgan fingerprint density at radius 3 is 2.50 bits per heavy atom. The van der Waals surface area contributed by atoms with Gasteiger partial charge in [0.05, 0.1) is 9.80 Å². The van der Waals surface area contributed by atoms with Crippen molar-refractivity contribution in [3.05, 3.63) is 56.3 Å². The lowest BCUT2D eigenvalue weighted by atomic mass is 10.1. The van der Waals surface area contributed by atoms with Gasteiger partial charge in [-0.15, -0.1) is 11.3 Å². The van der Waals surface area contributed by atoms with E-state index in [-0.39, 0.29) is 11.3 Å². The van der Waals surface area contributed by atoms with Crippen molar-refractivity contribution in [3.8, 4) is 0 Å². The summed E-state index contributed by atoms with van der Waals surface area (Å²) >= 11 is 1.23. The number of hydrogen-bond donors (Lipinski definition) is 3. The molecule has 22 heavy (non-hydrogen) atoms. The molecule has 0 radical (unpaired) electrons. The Labute approximate surface area is 129 Å². The predicted octanol–water partition coefficient (Wildman–Crippen LogP) is 1.77. The van der Waals surface area contributed by atoms with Crippen molar-refractivity contribution in [1.82, 2.24) is 10.9 Å². The molecule has 9 heteroatoms. The van der Waals surface area contributed by atoms with Crippen LogP contribution in [0, 0.1) is 10.1 Å². The molecule has 0 fully saturated rings. The third-order valence-corrected chi connectivity index (χ3v) is 3.63. The number of thiophene rings is 1. The highest BCUT2D eigenvalue weighted by Crippen LogP contribution is 2.24. The van der Waals surface area contributed by atoms with E-state index in [1.165, 1.54) is 23.5 Å². The minimum atomic E-state index is -0.643. The van der Waals surface area contributed by atoms with E-state index in [1.807, 2.05) is 0 Å². The van der Waals surface area contributed by atoms with Gasteiger partial charge in [-0.1, -0.05) is 6.07 Å². The molecule has 1 heterocycles. The number of nitro benzene ring substituents is 1. The van der Waals surface area contributed by atoms with Gasteiger partial charge < -0.3 is 5.32 Å². The Morgan fingerprint density at radius 1 is 1.18 bits per heavy atom. The smallest absolute Gasteiger partial charge is 0.293 e. The molecule has 0 saturated heterocycles. The average Bonchev–Trinajstić information content (AvgIpc) is 3.06. The van der Waals surface area contributed by atoms with E-state index in [1.54, 1.807) is 24.6 Å². The molecule has 0 spiro atoms. The Hall–Kier alpha value is -2.94. The van der Waals surface area contributed by atoms with Crippen molar-refractivity contribution in [2.75, 3.05) is 12.4 Å². The van der Waals surface area contributed by atoms with Crippen molar-refractivity contribution in [2.45, 2.75) is 0 Å². The summed E-state index contributed by atoms with van der Waals surface area (Å²) in [6.07, 6.45) is 0. The van der Waals surface area contributed by atoms with E-state index in [4.69, 9.17) is 0 Å². The summed E-state index contributed by atoms with van der Waals surface area (Å²) in [5.74, 6) is -1.10. The van der Waals surface area contributed by atoms with Crippen molar-refractivity contribution >= 4 is 34.5 Å². The molecule has 0 saturated carbocycles. The van der Waals surface area contributed by atoms with Crippen LogP contribution in [0.3, 0.4) is 0 Å². The number of anilines is 1. The van der Waals surface area contributed by atoms with Crippen molar-refractivity contribution in [3.63, 3.8) is 0 Å². The second-order valence-electron chi connectivity index (χ2n) is 4.12. The number of amides is 2. The Bertz CT molecular complexity index is 715. The van der Waals surface area contributed by atoms with Gasteiger partial charge in [-0.25, -0.2) is 0 Å². The molecule has 0 unspecified atom stereocenters. The molecule has 0 aliphatic heterocycles. The number of nitrogens with one attached hydrogen (secondary N) is 3. The van der Waals surface area contributed by atoms with Gasteiger partial charge in [-0.2, -0.15) is 0 Å². The lowest BCUT2D eigenvalue weighted by Gasteiger charge is -2.07. The SMILES string of the molecule is CNc1ccc(C(=O)NNC(=O)c2cccs2)cc1[N+](=O)[O-]. The van der Waals surface area contributed by atoms with Gasteiger partial charge in [0, 0.05) is 18.7 Å². The fourth-order valence-corrected chi connectivity index (χ4v) is 2.31. The first kappa shape index (κ1) is 15.4. The zero-order chi connectivity index (χ0) is 16.1. The molecule has 114 valence electrons. The minimum Gasteiger partial charge on any atom is -0.383 e. The molecular weight excluding hydrogens is 308 g/mol. The molecule has 8 nitrogen and oxygen atoms in total. The maximum Gasteiger partial charge on any atom is 0.293 e. The maximum atomic E-state index is 11.9. The van der Waals surface area contributed by atoms with E-state index in [2.05, 4.69) is 16.2 Å². The molecule has 2 amide bonds. The fraction of sp³-hybridized carbons (Fsp3) is 0.0769. The van der Waals surface area contributed by atoms with Crippen LogP contribution in [0.4, 0.5) is 11.4 Å². The van der Waals surface area contributed by atoms with Crippen LogP contribution in [0.2, 0.25) is 0 Å². The molecule has 2 aromatic rings. The topological polar surface area (TPSA) is 113 Å². The zero-order valence-corrected chi connectivity index (χ0v) is 12.3. The van der Waals surface area contributed by atoms with Crippen LogP contribution in [-0.4, -0.2) is 23.8 Å². The number of rotatable bonds is 4. The van der Waals surface area contributed by atoms with Crippen molar-refractivity contribution < 1.29 is 14.5 Å². The number of hydrazine groups is 1. The van der Waals surface area contributed by atoms with Gasteiger partial charge in [0.2, 0.25) is 0 Å². The third kappa shape index (κ3) is 3.38. The van der Waals surface area contributed by atoms with Crippen LogP contribution in [-0.2, 0) is 0 Å². The first-order valence-electron chi connectivity index (χ1n) is 6.13. The molecular formula is C13H12N4O4S. The summed E-state index contributed by atoms with van der Waals surface area (Å²) in [4.78, 5) is 34.4. The molecule has 0 aliphatic rings. The Balaban J connectivity index is 2.08. The van der Waals surface area contributed by atoms with Crippen molar-refractivity contribution in [1.29, 1.82) is 0 Å². The highest BCUT2D eigenvalue weighted by atomic mass is 32.1. The summed E-state index contributed by atoms with van der Waals surface area (Å²) in [5.41, 5.74) is 4.60. The number of nitrogens with zero attached hydrogens (tertiary/aromatic N) is 1. The number of carbonyl (C=O) groups is 2. The van der Waals surface area contributed by atoms with Crippen LogP contribution < -0.4 is 16.2 Å². The standard InChI is InChI=1S/C13H12N4O4S/c1-14-9-5-4-8(7-10(9)17(20)21)12(18)15-16-13(19)11-3-2-6-22-11/h2-7,14H,1H3,(H,15,18)(H,16,19). The highest BCUT2D eigenvalue weighted by Gasteiger charge is 2.17. The first-order chi connectivity index (χ1) is 10.5. The van der Waals surface area contributed by atoms with Crippen LogP contribution in [0.5, 0.6) is 0 Å². The monoisotopic (exact) mass is 320 g/mol. The maximum absolute atomic E-state index is 11.9. The molecule has 2 rings (SSSR count).